The van der Waals surface area contributed by atoms with Crippen molar-refractivity contribution in [2.45, 2.75) is 6.42 Å². The van der Waals surface area contributed by atoms with Crippen molar-refractivity contribution in [1.29, 1.82) is 5.26 Å². The van der Waals surface area contributed by atoms with Crippen molar-refractivity contribution >= 4 is 5.69 Å². The van der Waals surface area contributed by atoms with Crippen molar-refractivity contribution < 1.29 is 4.74 Å². The highest BCUT2D eigenvalue weighted by Crippen LogP contribution is 2.22. The molecule has 0 saturated carbocycles. The molecule has 2 rings (SSSR count). The van der Waals surface area contributed by atoms with Crippen LogP contribution in [0.5, 0.6) is 5.75 Å². The first-order valence-electron chi connectivity index (χ1n) is 5.65. The lowest BCUT2D eigenvalue weighted by Gasteiger charge is -2.08. The number of hydrogen-bond donors (Lipinski definition) is 1. The van der Waals surface area contributed by atoms with Gasteiger partial charge in [0.2, 0.25) is 0 Å². The van der Waals surface area contributed by atoms with Crippen LogP contribution in [0, 0.1) is 11.3 Å². The summed E-state index contributed by atoms with van der Waals surface area (Å²) in [7, 11) is 1.66. The zero-order valence-electron chi connectivity index (χ0n) is 10.2. The van der Waals surface area contributed by atoms with Crippen LogP contribution in [0.2, 0.25) is 0 Å². The number of nitrogens with two attached hydrogens (primary N) is 1. The van der Waals surface area contributed by atoms with Gasteiger partial charge in [-0.15, -0.1) is 0 Å². The van der Waals surface area contributed by atoms with Gasteiger partial charge in [0.25, 0.3) is 0 Å². The number of para-hydroxylation sites is 1. The van der Waals surface area contributed by atoms with Crippen LogP contribution in [0.25, 0.3) is 0 Å². The number of nitrogens with zero attached hydrogens (tertiary/aromatic N) is 1. The van der Waals surface area contributed by atoms with Crippen molar-refractivity contribution in [3.8, 4) is 11.8 Å². The van der Waals surface area contributed by atoms with Crippen LogP contribution in [0.4, 0.5) is 5.69 Å². The molecule has 0 amide bonds. The van der Waals surface area contributed by atoms with Gasteiger partial charge < -0.3 is 10.5 Å². The predicted octanol–water partition coefficient (Wildman–Crippen LogP) is 2.74. The number of ether oxygens (including phenoxy) is 1. The maximum absolute atomic E-state index is 8.96. The van der Waals surface area contributed by atoms with E-state index in [1.165, 1.54) is 0 Å². The van der Waals surface area contributed by atoms with Gasteiger partial charge in [-0.25, -0.2) is 0 Å². The van der Waals surface area contributed by atoms with Crippen LogP contribution < -0.4 is 10.5 Å². The smallest absolute Gasteiger partial charge is 0.122 e. The molecular weight excluding hydrogens is 224 g/mol. The predicted molar refractivity (Wildman–Crippen MR) is 71.4 cm³/mol. The van der Waals surface area contributed by atoms with Crippen molar-refractivity contribution in [2.75, 3.05) is 12.8 Å². The summed E-state index contributed by atoms with van der Waals surface area (Å²) in [6, 6.07) is 15.5. The molecule has 0 fully saturated rings. The highest BCUT2D eigenvalue weighted by molar-refractivity contribution is 5.55. The first-order chi connectivity index (χ1) is 8.74. The molecule has 0 spiro atoms. The molecule has 0 saturated heterocycles. The summed E-state index contributed by atoms with van der Waals surface area (Å²) < 4.78 is 5.31. The molecule has 90 valence electrons. The fourth-order valence-electron chi connectivity index (χ4n) is 1.88. The standard InChI is InChI=1S/C15H14N2O/c1-18-15-5-3-2-4-12(15)8-11-6-7-14(17)13(9-11)10-16/h2-7,9H,8,17H2,1H3. The maximum Gasteiger partial charge on any atom is 0.122 e. The summed E-state index contributed by atoms with van der Waals surface area (Å²) in [6.07, 6.45) is 0.721. The molecule has 3 nitrogen and oxygen atoms in total. The normalized spacial score (nSPS) is 9.78. The molecule has 0 atom stereocenters. The average molecular weight is 238 g/mol. The number of hydrogen-bond acceptors (Lipinski definition) is 3. The Bertz CT molecular complexity index is 600. The monoisotopic (exact) mass is 238 g/mol. The van der Waals surface area contributed by atoms with Crippen LogP contribution >= 0.6 is 0 Å². The summed E-state index contributed by atoms with van der Waals surface area (Å²) in [6.45, 7) is 0. The van der Waals surface area contributed by atoms with Gasteiger partial charge in [-0.2, -0.15) is 5.26 Å². The summed E-state index contributed by atoms with van der Waals surface area (Å²) in [5, 5.41) is 8.96. The lowest BCUT2D eigenvalue weighted by atomic mass is 10.0. The van der Waals surface area contributed by atoms with E-state index in [-0.39, 0.29) is 0 Å². The van der Waals surface area contributed by atoms with Gasteiger partial charge in [0.15, 0.2) is 0 Å². The fourth-order valence-corrected chi connectivity index (χ4v) is 1.88. The minimum Gasteiger partial charge on any atom is -0.496 e. The van der Waals surface area contributed by atoms with E-state index in [2.05, 4.69) is 6.07 Å². The second kappa shape index (κ2) is 5.24. The Balaban J connectivity index is 2.32. The summed E-state index contributed by atoms with van der Waals surface area (Å²) >= 11 is 0. The number of rotatable bonds is 3. The molecule has 0 aliphatic rings. The van der Waals surface area contributed by atoms with Crippen molar-refractivity contribution in [2.24, 2.45) is 0 Å². The van der Waals surface area contributed by atoms with Gasteiger partial charge in [-0.05, 0) is 29.3 Å². The molecule has 0 aromatic heterocycles. The molecule has 2 aromatic carbocycles. The number of benzene rings is 2. The molecule has 0 aliphatic heterocycles. The second-order valence-corrected chi connectivity index (χ2v) is 4.02. The Kier molecular flexibility index (Phi) is 3.49. The Morgan fingerprint density at radius 2 is 2.00 bits per heavy atom. The minimum absolute atomic E-state index is 0.515. The molecule has 0 aliphatic carbocycles. The van der Waals surface area contributed by atoms with Crippen molar-refractivity contribution in [1.82, 2.24) is 0 Å². The Morgan fingerprint density at radius 1 is 1.22 bits per heavy atom. The van der Waals surface area contributed by atoms with E-state index >= 15 is 0 Å². The van der Waals surface area contributed by atoms with Crippen LogP contribution in [0.1, 0.15) is 16.7 Å². The van der Waals surface area contributed by atoms with Crippen LogP contribution in [-0.2, 0) is 6.42 Å². The van der Waals surface area contributed by atoms with Gasteiger partial charge in [-0.1, -0.05) is 24.3 Å². The van der Waals surface area contributed by atoms with E-state index in [9.17, 15) is 0 Å². The highest BCUT2D eigenvalue weighted by atomic mass is 16.5. The second-order valence-electron chi connectivity index (χ2n) is 4.02. The van der Waals surface area contributed by atoms with E-state index in [0.717, 1.165) is 23.3 Å². The molecule has 3 heteroatoms. The number of nitrogen functional groups attached to an aromatic ring is 1. The molecule has 2 aromatic rings. The Morgan fingerprint density at radius 3 is 2.72 bits per heavy atom. The third kappa shape index (κ3) is 2.44. The first-order valence-corrected chi connectivity index (χ1v) is 5.65. The maximum atomic E-state index is 8.96. The van der Waals surface area contributed by atoms with Gasteiger partial charge in [0, 0.05) is 12.1 Å². The van der Waals surface area contributed by atoms with E-state index < -0.39 is 0 Å². The Hall–Kier alpha value is -2.47. The summed E-state index contributed by atoms with van der Waals surface area (Å²) in [5.41, 5.74) is 8.87. The SMILES string of the molecule is COc1ccccc1Cc1ccc(N)c(C#N)c1. The highest BCUT2D eigenvalue weighted by Gasteiger charge is 2.05. The third-order valence-electron chi connectivity index (χ3n) is 2.83. The van der Waals surface area contributed by atoms with Gasteiger partial charge in [0.05, 0.1) is 12.7 Å². The minimum atomic E-state index is 0.515. The zero-order valence-corrected chi connectivity index (χ0v) is 10.2. The molecular formula is C15H14N2O. The third-order valence-corrected chi connectivity index (χ3v) is 2.83. The quantitative estimate of drug-likeness (QED) is 0.836. The van der Waals surface area contributed by atoms with Gasteiger partial charge in [0.1, 0.15) is 11.8 Å². The van der Waals surface area contributed by atoms with E-state index in [1.54, 1.807) is 13.2 Å². The van der Waals surface area contributed by atoms with E-state index in [4.69, 9.17) is 15.7 Å². The largest absolute Gasteiger partial charge is 0.496 e. The fraction of sp³-hybridized carbons (Fsp3) is 0.133. The molecule has 0 heterocycles. The molecule has 0 unspecified atom stereocenters. The Labute approximate surface area is 106 Å². The molecule has 0 bridgehead atoms. The molecule has 2 N–H and O–H groups in total. The number of nitriles is 1. The average Bonchev–Trinajstić information content (AvgIpc) is 2.41. The summed E-state index contributed by atoms with van der Waals surface area (Å²) in [4.78, 5) is 0. The lowest BCUT2D eigenvalue weighted by molar-refractivity contribution is 0.410. The number of anilines is 1. The van der Waals surface area contributed by atoms with E-state index in [0.29, 0.717) is 11.3 Å². The molecule has 0 radical (unpaired) electrons. The zero-order chi connectivity index (χ0) is 13.0. The van der Waals surface area contributed by atoms with Crippen LogP contribution in [0.3, 0.4) is 0 Å². The van der Waals surface area contributed by atoms with Crippen LogP contribution in [-0.4, -0.2) is 7.11 Å². The summed E-state index contributed by atoms with van der Waals surface area (Å²) in [5.74, 6) is 0.854. The first kappa shape index (κ1) is 12.0. The van der Waals surface area contributed by atoms with E-state index in [1.807, 2.05) is 36.4 Å². The topological polar surface area (TPSA) is 59.0 Å². The van der Waals surface area contributed by atoms with Crippen molar-refractivity contribution in [3.05, 3.63) is 59.2 Å². The number of methoxy groups -OCH3 is 1. The van der Waals surface area contributed by atoms with Crippen molar-refractivity contribution in [3.63, 3.8) is 0 Å². The lowest BCUT2D eigenvalue weighted by Crippen LogP contribution is -1.96. The van der Waals surface area contributed by atoms with Crippen LogP contribution in [0.15, 0.2) is 42.5 Å². The van der Waals surface area contributed by atoms with Gasteiger partial charge in [-0.3, -0.25) is 0 Å². The van der Waals surface area contributed by atoms with Gasteiger partial charge >= 0.3 is 0 Å². The molecule has 18 heavy (non-hydrogen) atoms.